The monoisotopic (exact) mass is 572 g/mol. The summed E-state index contributed by atoms with van der Waals surface area (Å²) >= 11 is 0. The van der Waals surface area contributed by atoms with Crippen molar-refractivity contribution in [1.29, 1.82) is 0 Å². The third-order valence-electron chi connectivity index (χ3n) is 12.3. The Hall–Kier alpha value is -2.60. The lowest BCUT2D eigenvalue weighted by Crippen LogP contribution is -2.59. The van der Waals surface area contributed by atoms with Crippen LogP contribution in [0.15, 0.2) is 48.6 Å². The van der Waals surface area contributed by atoms with E-state index in [9.17, 15) is 9.59 Å². The molecule has 6 heteroatoms. The Balaban J connectivity index is 1.23. The summed E-state index contributed by atoms with van der Waals surface area (Å²) in [5.74, 6) is 2.85. The lowest BCUT2D eigenvalue weighted by Gasteiger charge is -2.58. The van der Waals surface area contributed by atoms with Crippen LogP contribution in [0.4, 0.5) is 5.69 Å². The normalized spacial score (nSPS) is 34.8. The highest BCUT2D eigenvalue weighted by molar-refractivity contribution is 6.74. The fraction of sp³-hybridized carbons (Fsp3) is 0.600. The maximum atomic E-state index is 14.1. The Morgan fingerprint density at radius 1 is 1.02 bits per heavy atom. The molecule has 3 fully saturated rings. The molecule has 4 aliphatic rings. The lowest BCUT2D eigenvalue weighted by atomic mass is 9.48. The Labute approximate surface area is 247 Å². The molecule has 5 nitrogen and oxygen atoms in total. The van der Waals surface area contributed by atoms with Gasteiger partial charge in [0.15, 0.2) is 0 Å². The molecular formula is C35H48N2O3Si. The highest BCUT2D eigenvalue weighted by Crippen LogP contribution is 2.65. The summed E-state index contributed by atoms with van der Waals surface area (Å²) in [6.07, 6.45) is 10.4. The fourth-order valence-electron chi connectivity index (χ4n) is 8.86. The van der Waals surface area contributed by atoms with Gasteiger partial charge in [-0.05, 0) is 109 Å². The summed E-state index contributed by atoms with van der Waals surface area (Å²) in [6.45, 7) is 16.1. The van der Waals surface area contributed by atoms with Gasteiger partial charge in [0.25, 0.3) is 0 Å². The maximum absolute atomic E-state index is 14.1. The van der Waals surface area contributed by atoms with Crippen LogP contribution in [0.1, 0.15) is 73.1 Å². The first kappa shape index (κ1) is 28.5. The molecule has 0 spiro atoms. The summed E-state index contributed by atoms with van der Waals surface area (Å²) in [6, 6.07) is 12.7. The van der Waals surface area contributed by atoms with Crippen molar-refractivity contribution in [2.24, 2.45) is 34.5 Å². The summed E-state index contributed by atoms with van der Waals surface area (Å²) < 4.78 is 6.62. The van der Waals surface area contributed by atoms with Crippen molar-refractivity contribution in [3.05, 3.63) is 48.6 Å². The minimum Gasteiger partial charge on any atom is -0.543 e. The molecule has 0 saturated heterocycles. The van der Waals surface area contributed by atoms with Gasteiger partial charge < -0.3 is 15.1 Å². The third-order valence-corrected chi connectivity index (χ3v) is 16.7. The molecule has 3 saturated carbocycles. The Bertz CT molecular complexity index is 1410. The van der Waals surface area contributed by atoms with Gasteiger partial charge in [0.2, 0.25) is 20.1 Å². The number of nitrogens with one attached hydrogen (secondary N) is 2. The Morgan fingerprint density at radius 2 is 1.80 bits per heavy atom. The van der Waals surface area contributed by atoms with Crippen LogP contribution in [0.3, 0.4) is 0 Å². The summed E-state index contributed by atoms with van der Waals surface area (Å²) in [4.78, 5) is 26.1. The van der Waals surface area contributed by atoms with Crippen LogP contribution in [0, 0.1) is 34.5 Å². The van der Waals surface area contributed by atoms with Crippen LogP contribution < -0.4 is 15.1 Å². The molecule has 0 aromatic heterocycles. The zero-order valence-corrected chi connectivity index (χ0v) is 27.0. The van der Waals surface area contributed by atoms with E-state index in [0.29, 0.717) is 17.8 Å². The smallest absolute Gasteiger partial charge is 0.250 e. The minimum atomic E-state index is -1.98. The largest absolute Gasteiger partial charge is 0.543 e. The molecule has 220 valence electrons. The van der Waals surface area contributed by atoms with Crippen molar-refractivity contribution in [1.82, 2.24) is 5.32 Å². The van der Waals surface area contributed by atoms with Gasteiger partial charge in [-0.2, -0.15) is 0 Å². The molecule has 6 rings (SSSR count). The number of hydrogen-bond donors (Lipinski definition) is 2. The van der Waals surface area contributed by atoms with Crippen molar-refractivity contribution in [3.63, 3.8) is 0 Å². The topological polar surface area (TPSA) is 67.4 Å². The zero-order valence-electron chi connectivity index (χ0n) is 26.0. The van der Waals surface area contributed by atoms with Crippen molar-refractivity contribution in [2.45, 2.75) is 97.3 Å². The quantitative estimate of drug-likeness (QED) is 0.364. The van der Waals surface area contributed by atoms with E-state index in [1.54, 1.807) is 6.08 Å². The van der Waals surface area contributed by atoms with E-state index in [-0.39, 0.29) is 39.6 Å². The number of anilines is 1. The van der Waals surface area contributed by atoms with E-state index < -0.39 is 8.32 Å². The van der Waals surface area contributed by atoms with E-state index in [2.05, 4.69) is 88.7 Å². The van der Waals surface area contributed by atoms with Crippen molar-refractivity contribution in [3.8, 4) is 5.75 Å². The van der Waals surface area contributed by atoms with Crippen LogP contribution in [-0.2, 0) is 9.59 Å². The van der Waals surface area contributed by atoms with Gasteiger partial charge in [0.05, 0.1) is 0 Å². The molecule has 0 radical (unpaired) electrons. The molecule has 7 atom stereocenters. The van der Waals surface area contributed by atoms with Crippen LogP contribution >= 0.6 is 0 Å². The van der Waals surface area contributed by atoms with Gasteiger partial charge in [-0.1, -0.05) is 58.9 Å². The van der Waals surface area contributed by atoms with Gasteiger partial charge in [-0.3, -0.25) is 9.59 Å². The zero-order chi connectivity index (χ0) is 29.4. The summed E-state index contributed by atoms with van der Waals surface area (Å²) in [7, 11) is -1.98. The molecule has 41 heavy (non-hydrogen) atoms. The molecule has 2 aromatic carbocycles. The molecular weight excluding hydrogens is 524 g/mol. The van der Waals surface area contributed by atoms with Gasteiger partial charge >= 0.3 is 0 Å². The molecule has 0 unspecified atom stereocenters. The lowest BCUT2D eigenvalue weighted by molar-refractivity contribution is -0.129. The van der Waals surface area contributed by atoms with Crippen molar-refractivity contribution >= 4 is 36.6 Å². The highest BCUT2D eigenvalue weighted by Gasteiger charge is 2.60. The fourth-order valence-corrected chi connectivity index (χ4v) is 9.88. The SMILES string of the molecule is CC(C)(C)[Si](C)(C)Oc1ccc2cccc(NC(=O)[C@H]3CC[C@H]4[C@@H]5CC[C@H]6NC(=O)C=C[C@]6(C)[C@H]5CC[C@]34C)c2c1. The number of rotatable bonds is 4. The third kappa shape index (κ3) is 4.65. The van der Waals surface area contributed by atoms with E-state index in [1.165, 1.54) is 0 Å². The van der Waals surface area contributed by atoms with Crippen LogP contribution in [-0.4, -0.2) is 26.2 Å². The number of benzene rings is 2. The van der Waals surface area contributed by atoms with E-state index in [1.807, 2.05) is 12.1 Å². The molecule has 1 aliphatic heterocycles. The Kier molecular flexibility index (Phi) is 6.76. The average Bonchev–Trinajstić information content (AvgIpc) is 3.26. The van der Waals surface area contributed by atoms with Gasteiger partial charge in [-0.15, -0.1) is 0 Å². The second-order valence-electron chi connectivity index (χ2n) is 15.4. The predicted molar refractivity (Wildman–Crippen MR) is 169 cm³/mol. The van der Waals surface area contributed by atoms with Crippen LogP contribution in [0.5, 0.6) is 5.75 Å². The second kappa shape index (κ2) is 9.72. The van der Waals surface area contributed by atoms with E-state index in [4.69, 9.17) is 4.43 Å². The van der Waals surface area contributed by atoms with Crippen molar-refractivity contribution in [2.75, 3.05) is 5.32 Å². The maximum Gasteiger partial charge on any atom is 0.250 e. The number of hydrogen-bond acceptors (Lipinski definition) is 3. The van der Waals surface area contributed by atoms with E-state index >= 15 is 0 Å². The molecule has 3 aliphatic carbocycles. The van der Waals surface area contributed by atoms with Gasteiger partial charge in [-0.25, -0.2) is 0 Å². The summed E-state index contributed by atoms with van der Waals surface area (Å²) in [5.41, 5.74) is 0.910. The summed E-state index contributed by atoms with van der Waals surface area (Å²) in [5, 5.41) is 8.91. The average molecular weight is 573 g/mol. The molecule has 2 N–H and O–H groups in total. The first-order valence-corrected chi connectivity index (χ1v) is 18.7. The number of carbonyl (C=O) groups excluding carboxylic acids is 2. The molecule has 2 aromatic rings. The van der Waals surface area contributed by atoms with Gasteiger partial charge in [0, 0.05) is 28.4 Å². The number of carbonyl (C=O) groups is 2. The van der Waals surface area contributed by atoms with Crippen molar-refractivity contribution < 1.29 is 14.0 Å². The van der Waals surface area contributed by atoms with Crippen LogP contribution in [0.2, 0.25) is 18.1 Å². The van der Waals surface area contributed by atoms with Crippen LogP contribution in [0.25, 0.3) is 10.8 Å². The highest BCUT2D eigenvalue weighted by atomic mass is 28.4. The predicted octanol–water partition coefficient (Wildman–Crippen LogP) is 8.08. The second-order valence-corrected chi connectivity index (χ2v) is 20.2. The minimum absolute atomic E-state index is 0.0112. The number of amides is 2. The standard InChI is InChI=1S/C35H48N2O3Si/c1-33(2,3)41(6,7)40-23-12-11-22-9-8-10-29(25(22)21-23)36-32(39)28-15-14-26-24-13-16-30-35(5,20-18-31(38)37-30)27(24)17-19-34(26,28)4/h8-12,18,20-21,24,26-28,30H,13-17,19H2,1-7H3,(H,36,39)(H,37,38)/t24-,26-,27-,28+,30+,34-,35+/m0/s1. The molecule has 0 bridgehead atoms. The molecule has 1 heterocycles. The first-order valence-electron chi connectivity index (χ1n) is 15.8. The van der Waals surface area contributed by atoms with E-state index in [0.717, 1.165) is 60.7 Å². The first-order chi connectivity index (χ1) is 19.2. The van der Waals surface area contributed by atoms with Gasteiger partial charge in [0.1, 0.15) is 5.75 Å². The number of fused-ring (bicyclic) bond motifs is 6. The Morgan fingerprint density at radius 3 is 2.56 bits per heavy atom. The molecule has 2 amide bonds.